The van der Waals surface area contributed by atoms with Gasteiger partial charge in [0.05, 0.1) is 19.4 Å². The van der Waals surface area contributed by atoms with Crippen molar-refractivity contribution in [3.63, 3.8) is 0 Å². The minimum atomic E-state index is -0.823. The van der Waals surface area contributed by atoms with Crippen molar-refractivity contribution in [2.45, 2.75) is 32.1 Å². The van der Waals surface area contributed by atoms with E-state index in [2.05, 4.69) is 10.1 Å². The molecule has 2 fully saturated rings. The Balaban J connectivity index is 1.80. The Kier molecular flexibility index (Phi) is 4.69. The highest BCUT2D eigenvalue weighted by Gasteiger charge is 2.40. The Bertz CT molecular complexity index is 433. The molecule has 1 saturated carbocycles. The average Bonchev–Trinajstić information content (AvgIpc) is 2.89. The van der Waals surface area contributed by atoms with Gasteiger partial charge in [-0.2, -0.15) is 0 Å². The molecule has 0 radical (unpaired) electrons. The van der Waals surface area contributed by atoms with Crippen LogP contribution >= 0.6 is 0 Å². The molecular formula is C14H22N2O5. The number of amides is 2. The molecule has 7 nitrogen and oxygen atoms in total. The number of ether oxygens (including phenoxy) is 1. The van der Waals surface area contributed by atoms with Gasteiger partial charge in [0.15, 0.2) is 0 Å². The monoisotopic (exact) mass is 298 g/mol. The molecule has 7 heteroatoms. The summed E-state index contributed by atoms with van der Waals surface area (Å²) in [5.74, 6) is -1.36. The molecule has 0 aromatic rings. The Morgan fingerprint density at radius 2 is 2.10 bits per heavy atom. The van der Waals surface area contributed by atoms with Crippen LogP contribution in [0.4, 0.5) is 4.79 Å². The normalized spacial score (nSPS) is 23.3. The summed E-state index contributed by atoms with van der Waals surface area (Å²) in [6, 6.07) is -0.224. The zero-order valence-corrected chi connectivity index (χ0v) is 12.3. The first-order valence-electron chi connectivity index (χ1n) is 7.28. The topological polar surface area (TPSA) is 95.9 Å². The van der Waals surface area contributed by atoms with Crippen molar-refractivity contribution >= 4 is 18.0 Å². The fraction of sp³-hybridized carbons (Fsp3) is 0.786. The molecule has 21 heavy (non-hydrogen) atoms. The molecule has 0 aromatic carbocycles. The Morgan fingerprint density at radius 1 is 1.38 bits per heavy atom. The van der Waals surface area contributed by atoms with E-state index in [1.54, 1.807) is 4.90 Å². The largest absolute Gasteiger partial charge is 0.481 e. The first-order valence-corrected chi connectivity index (χ1v) is 7.28. The lowest BCUT2D eigenvalue weighted by Gasteiger charge is -2.41. The van der Waals surface area contributed by atoms with Gasteiger partial charge in [-0.25, -0.2) is 4.79 Å². The van der Waals surface area contributed by atoms with Crippen LogP contribution in [0.25, 0.3) is 0 Å². The molecule has 2 aliphatic rings. The van der Waals surface area contributed by atoms with Gasteiger partial charge in [0.25, 0.3) is 0 Å². The van der Waals surface area contributed by atoms with Crippen molar-refractivity contribution in [3.05, 3.63) is 0 Å². The number of rotatable bonds is 5. The van der Waals surface area contributed by atoms with Crippen LogP contribution < -0.4 is 5.32 Å². The van der Waals surface area contributed by atoms with E-state index < -0.39 is 5.97 Å². The summed E-state index contributed by atoms with van der Waals surface area (Å²) in [6.07, 6.45) is 3.39. The van der Waals surface area contributed by atoms with Gasteiger partial charge >= 0.3 is 18.0 Å². The molecule has 118 valence electrons. The summed E-state index contributed by atoms with van der Waals surface area (Å²) < 4.78 is 4.68. The molecule has 1 heterocycles. The van der Waals surface area contributed by atoms with Crippen LogP contribution in [0.5, 0.6) is 0 Å². The molecule has 0 spiro atoms. The fourth-order valence-electron chi connectivity index (χ4n) is 3.09. The van der Waals surface area contributed by atoms with Crippen LogP contribution in [-0.4, -0.2) is 54.7 Å². The number of carbonyl (C=O) groups excluding carboxylic acids is 2. The summed E-state index contributed by atoms with van der Waals surface area (Å²) in [6.45, 7) is 1.28. The summed E-state index contributed by atoms with van der Waals surface area (Å²) in [4.78, 5) is 36.0. The highest BCUT2D eigenvalue weighted by atomic mass is 16.5. The molecule has 0 aromatic heterocycles. The van der Waals surface area contributed by atoms with Crippen molar-refractivity contribution in [2.24, 2.45) is 11.3 Å². The lowest BCUT2D eigenvalue weighted by atomic mass is 9.66. The number of urea groups is 1. The molecule has 2 rings (SSSR count). The molecule has 1 aliphatic heterocycles. The quantitative estimate of drug-likeness (QED) is 0.733. The van der Waals surface area contributed by atoms with Crippen LogP contribution in [0.3, 0.4) is 0 Å². The number of carboxylic acids is 1. The standard InChI is InChI=1S/C14H22N2O5/c1-21-12(19)10-3-6-16(8-10)13(20)15-9-14(4-2-5-14)7-11(17)18/h10H,2-9H2,1H3,(H,15,20)(H,17,18). The fourth-order valence-corrected chi connectivity index (χ4v) is 3.09. The van der Waals surface area contributed by atoms with E-state index in [9.17, 15) is 14.4 Å². The first kappa shape index (κ1) is 15.6. The number of hydrogen-bond donors (Lipinski definition) is 2. The Hall–Kier alpha value is -1.79. The molecule has 1 atom stereocenters. The summed E-state index contributed by atoms with van der Waals surface area (Å²) in [5.41, 5.74) is -0.289. The molecule has 0 bridgehead atoms. The summed E-state index contributed by atoms with van der Waals surface area (Å²) >= 11 is 0. The zero-order chi connectivity index (χ0) is 15.5. The van der Waals surface area contributed by atoms with Crippen LogP contribution in [0.1, 0.15) is 32.1 Å². The number of nitrogens with one attached hydrogen (secondary N) is 1. The Morgan fingerprint density at radius 3 is 2.62 bits per heavy atom. The Labute approximate surface area is 123 Å². The van der Waals surface area contributed by atoms with Crippen molar-refractivity contribution in [1.82, 2.24) is 10.2 Å². The predicted molar refractivity (Wildman–Crippen MR) is 73.6 cm³/mol. The lowest BCUT2D eigenvalue weighted by molar-refractivity contribution is -0.145. The van der Waals surface area contributed by atoms with Crippen molar-refractivity contribution in [1.29, 1.82) is 0 Å². The molecule has 1 aliphatic carbocycles. The maximum Gasteiger partial charge on any atom is 0.317 e. The van der Waals surface area contributed by atoms with E-state index >= 15 is 0 Å². The number of likely N-dealkylation sites (tertiary alicyclic amines) is 1. The van der Waals surface area contributed by atoms with Gasteiger partial charge in [-0.3, -0.25) is 9.59 Å². The number of nitrogens with zero attached hydrogens (tertiary/aromatic N) is 1. The smallest absolute Gasteiger partial charge is 0.317 e. The molecule has 1 saturated heterocycles. The maximum atomic E-state index is 12.1. The second kappa shape index (κ2) is 6.32. The van der Waals surface area contributed by atoms with Gasteiger partial charge in [0.2, 0.25) is 0 Å². The SMILES string of the molecule is COC(=O)C1CCN(C(=O)NCC2(CC(=O)O)CCC2)C1. The minimum Gasteiger partial charge on any atom is -0.481 e. The first-order chi connectivity index (χ1) is 9.96. The van der Waals surface area contributed by atoms with Gasteiger partial charge < -0.3 is 20.1 Å². The molecular weight excluding hydrogens is 276 g/mol. The van der Waals surface area contributed by atoms with Crippen molar-refractivity contribution in [3.8, 4) is 0 Å². The lowest BCUT2D eigenvalue weighted by Crippen LogP contribution is -2.47. The van der Waals surface area contributed by atoms with Gasteiger partial charge in [0.1, 0.15) is 0 Å². The number of methoxy groups -OCH3 is 1. The molecule has 1 unspecified atom stereocenters. The number of carboxylic acid groups (broad SMARTS) is 1. The van der Waals surface area contributed by atoms with Gasteiger partial charge in [-0.1, -0.05) is 6.42 Å². The van der Waals surface area contributed by atoms with Crippen molar-refractivity contribution in [2.75, 3.05) is 26.7 Å². The highest BCUT2D eigenvalue weighted by Crippen LogP contribution is 2.43. The third kappa shape index (κ3) is 3.65. The van der Waals surface area contributed by atoms with Gasteiger partial charge in [0, 0.05) is 19.6 Å². The molecule has 2 amide bonds. The maximum absolute atomic E-state index is 12.1. The van der Waals surface area contributed by atoms with Crippen LogP contribution in [0.2, 0.25) is 0 Å². The van der Waals surface area contributed by atoms with E-state index in [1.165, 1.54) is 7.11 Å². The number of hydrogen-bond acceptors (Lipinski definition) is 4. The predicted octanol–water partition coefficient (Wildman–Crippen LogP) is 0.836. The number of carbonyl (C=O) groups is 3. The second-order valence-corrected chi connectivity index (χ2v) is 6.04. The number of aliphatic carboxylic acids is 1. The third-order valence-corrected chi connectivity index (χ3v) is 4.57. The van der Waals surface area contributed by atoms with Crippen LogP contribution in [0, 0.1) is 11.3 Å². The van der Waals surface area contributed by atoms with Gasteiger partial charge in [-0.15, -0.1) is 0 Å². The van der Waals surface area contributed by atoms with E-state index in [4.69, 9.17) is 5.11 Å². The van der Waals surface area contributed by atoms with E-state index in [1.807, 2.05) is 0 Å². The zero-order valence-electron chi connectivity index (χ0n) is 12.3. The van der Waals surface area contributed by atoms with Gasteiger partial charge in [-0.05, 0) is 24.7 Å². The second-order valence-electron chi connectivity index (χ2n) is 6.04. The van der Waals surface area contributed by atoms with E-state index in [-0.39, 0.29) is 29.8 Å². The van der Waals surface area contributed by atoms with Crippen molar-refractivity contribution < 1.29 is 24.2 Å². The third-order valence-electron chi connectivity index (χ3n) is 4.57. The molecule has 2 N–H and O–H groups in total. The highest BCUT2D eigenvalue weighted by molar-refractivity contribution is 5.78. The van der Waals surface area contributed by atoms with E-state index in [0.717, 1.165) is 19.3 Å². The summed E-state index contributed by atoms with van der Waals surface area (Å²) in [7, 11) is 1.34. The van der Waals surface area contributed by atoms with Crippen LogP contribution in [0.15, 0.2) is 0 Å². The minimum absolute atomic E-state index is 0.0953. The van der Waals surface area contributed by atoms with Crippen LogP contribution in [-0.2, 0) is 14.3 Å². The van der Waals surface area contributed by atoms with E-state index in [0.29, 0.717) is 26.1 Å². The summed E-state index contributed by atoms with van der Waals surface area (Å²) in [5, 5.41) is 11.8. The number of esters is 1. The average molecular weight is 298 g/mol.